The van der Waals surface area contributed by atoms with Crippen LogP contribution in [0, 0.1) is 0 Å². The zero-order valence-electron chi connectivity index (χ0n) is 13.4. The van der Waals surface area contributed by atoms with Gasteiger partial charge in [-0.15, -0.1) is 24.2 Å². The number of nitrogens with one attached hydrogen (secondary N) is 1. The van der Waals surface area contributed by atoms with Gasteiger partial charge < -0.3 is 5.73 Å². The van der Waals surface area contributed by atoms with E-state index in [0.717, 1.165) is 41.0 Å². The molecule has 2 aromatic carbocycles. The largest absolute Gasteiger partial charge is 0.399 e. The zero-order chi connectivity index (χ0) is 16.4. The van der Waals surface area contributed by atoms with Crippen molar-refractivity contribution in [3.05, 3.63) is 53.6 Å². The lowest BCUT2D eigenvalue weighted by Crippen LogP contribution is -2.31. The van der Waals surface area contributed by atoms with Crippen LogP contribution in [0.2, 0.25) is 0 Å². The molecule has 2 aromatic rings. The molecule has 1 aliphatic rings. The van der Waals surface area contributed by atoms with E-state index < -0.39 is 10.0 Å². The first-order chi connectivity index (χ1) is 11.0. The quantitative estimate of drug-likeness (QED) is 0.621. The Balaban J connectivity index is 0.00000208. The number of benzene rings is 2. The lowest BCUT2D eigenvalue weighted by Gasteiger charge is -2.26. The molecule has 0 aliphatic heterocycles. The fraction of sp³-hybridized carbons (Fsp3) is 0.294. The van der Waals surface area contributed by atoms with Gasteiger partial charge in [0.25, 0.3) is 0 Å². The van der Waals surface area contributed by atoms with Crippen molar-refractivity contribution < 1.29 is 8.42 Å². The number of fused-ring (bicyclic) bond motifs is 1. The van der Waals surface area contributed by atoms with Crippen molar-refractivity contribution in [2.45, 2.75) is 35.1 Å². The minimum absolute atomic E-state index is 0. The summed E-state index contributed by atoms with van der Waals surface area (Å²) in [6.07, 6.45) is 4.58. The van der Waals surface area contributed by atoms with Gasteiger partial charge >= 0.3 is 0 Å². The van der Waals surface area contributed by atoms with Gasteiger partial charge in [-0.2, -0.15) is 0 Å². The molecule has 1 aliphatic carbocycles. The SMILES string of the molecule is CSc1ccccc1S(=O)(=O)NC1CCCc2cc(N)ccc21.Cl. The number of anilines is 1. The number of nitrogens with two attached hydrogens (primary N) is 1. The first-order valence-electron chi connectivity index (χ1n) is 7.55. The van der Waals surface area contributed by atoms with E-state index in [1.807, 2.05) is 36.6 Å². The Labute approximate surface area is 153 Å². The number of hydrogen-bond donors (Lipinski definition) is 2. The molecule has 3 rings (SSSR count). The lowest BCUT2D eigenvalue weighted by atomic mass is 9.88. The second-order valence-corrected chi connectivity index (χ2v) is 8.21. The van der Waals surface area contributed by atoms with Crippen LogP contribution in [0.25, 0.3) is 0 Å². The highest BCUT2D eigenvalue weighted by Crippen LogP contribution is 2.33. The molecule has 1 atom stereocenters. The summed E-state index contributed by atoms with van der Waals surface area (Å²) in [5.74, 6) is 0. The molecule has 0 saturated carbocycles. The average Bonchev–Trinajstić information content (AvgIpc) is 2.54. The van der Waals surface area contributed by atoms with Gasteiger partial charge in [-0.05, 0) is 60.9 Å². The number of sulfonamides is 1. The maximum Gasteiger partial charge on any atom is 0.242 e. The van der Waals surface area contributed by atoms with E-state index in [-0.39, 0.29) is 18.4 Å². The highest BCUT2D eigenvalue weighted by Gasteiger charge is 2.27. The van der Waals surface area contributed by atoms with Crippen LogP contribution >= 0.6 is 24.2 Å². The van der Waals surface area contributed by atoms with E-state index >= 15 is 0 Å². The molecule has 7 heteroatoms. The van der Waals surface area contributed by atoms with Gasteiger partial charge in [0.1, 0.15) is 0 Å². The van der Waals surface area contributed by atoms with Gasteiger partial charge in [0.2, 0.25) is 10.0 Å². The van der Waals surface area contributed by atoms with E-state index in [2.05, 4.69) is 4.72 Å². The average molecular weight is 385 g/mol. The molecule has 0 heterocycles. The molecule has 1 unspecified atom stereocenters. The second kappa shape index (κ2) is 7.78. The highest BCUT2D eigenvalue weighted by molar-refractivity contribution is 7.99. The van der Waals surface area contributed by atoms with Crippen LogP contribution in [0.15, 0.2) is 52.3 Å². The number of thioether (sulfide) groups is 1. The molecule has 0 saturated heterocycles. The lowest BCUT2D eigenvalue weighted by molar-refractivity contribution is 0.506. The fourth-order valence-electron chi connectivity index (χ4n) is 3.05. The standard InChI is InChI=1S/C17H20N2O2S2.ClH/c1-22-16-7-2-3-8-17(16)23(20,21)19-15-6-4-5-12-11-13(18)9-10-14(12)15;/h2-3,7-11,15,19H,4-6,18H2,1H3;1H. The van der Waals surface area contributed by atoms with Crippen LogP contribution in [-0.2, 0) is 16.4 Å². The summed E-state index contributed by atoms with van der Waals surface area (Å²) in [5.41, 5.74) is 8.74. The first-order valence-corrected chi connectivity index (χ1v) is 10.3. The summed E-state index contributed by atoms with van der Waals surface area (Å²) < 4.78 is 28.5. The van der Waals surface area contributed by atoms with E-state index in [9.17, 15) is 8.42 Å². The summed E-state index contributed by atoms with van der Waals surface area (Å²) in [5, 5.41) is 0. The van der Waals surface area contributed by atoms with E-state index in [0.29, 0.717) is 4.90 Å². The summed E-state index contributed by atoms with van der Waals surface area (Å²) in [6.45, 7) is 0. The third-order valence-corrected chi connectivity index (χ3v) is 6.59. The Kier molecular flexibility index (Phi) is 6.20. The second-order valence-electron chi connectivity index (χ2n) is 5.68. The van der Waals surface area contributed by atoms with Gasteiger partial charge in [-0.25, -0.2) is 13.1 Å². The van der Waals surface area contributed by atoms with Gasteiger partial charge in [0.15, 0.2) is 0 Å². The Bertz CT molecular complexity index is 825. The van der Waals surface area contributed by atoms with Crippen molar-refractivity contribution in [2.75, 3.05) is 12.0 Å². The molecule has 0 aromatic heterocycles. The van der Waals surface area contributed by atoms with Crippen molar-refractivity contribution in [1.29, 1.82) is 0 Å². The zero-order valence-corrected chi connectivity index (χ0v) is 15.8. The van der Waals surface area contributed by atoms with Gasteiger partial charge in [0, 0.05) is 16.6 Å². The van der Waals surface area contributed by atoms with E-state index in [1.54, 1.807) is 12.1 Å². The van der Waals surface area contributed by atoms with Crippen LogP contribution in [-0.4, -0.2) is 14.7 Å². The van der Waals surface area contributed by atoms with Crippen LogP contribution in [0.1, 0.15) is 30.0 Å². The van der Waals surface area contributed by atoms with Crippen LogP contribution in [0.5, 0.6) is 0 Å². The molecule has 0 bridgehead atoms. The maximum atomic E-state index is 12.8. The Morgan fingerprint density at radius 3 is 2.71 bits per heavy atom. The Hall–Kier alpha value is -1.21. The molecule has 0 radical (unpaired) electrons. The Morgan fingerprint density at radius 1 is 1.21 bits per heavy atom. The summed E-state index contributed by atoms with van der Waals surface area (Å²) in [4.78, 5) is 1.10. The van der Waals surface area contributed by atoms with Crippen LogP contribution in [0.4, 0.5) is 5.69 Å². The molecule has 0 amide bonds. The Morgan fingerprint density at radius 2 is 1.96 bits per heavy atom. The predicted molar refractivity (Wildman–Crippen MR) is 102 cm³/mol. The van der Waals surface area contributed by atoms with Crippen molar-refractivity contribution in [1.82, 2.24) is 4.72 Å². The van der Waals surface area contributed by atoms with Gasteiger partial charge in [0.05, 0.1) is 4.90 Å². The van der Waals surface area contributed by atoms with Crippen LogP contribution < -0.4 is 10.5 Å². The maximum absolute atomic E-state index is 12.8. The number of halogens is 1. The van der Waals surface area contributed by atoms with Gasteiger partial charge in [-0.3, -0.25) is 0 Å². The third-order valence-electron chi connectivity index (χ3n) is 4.14. The fourth-order valence-corrected chi connectivity index (χ4v) is 5.45. The monoisotopic (exact) mass is 384 g/mol. The summed E-state index contributed by atoms with van der Waals surface area (Å²) in [7, 11) is -3.56. The number of hydrogen-bond acceptors (Lipinski definition) is 4. The third kappa shape index (κ3) is 3.88. The van der Waals surface area contributed by atoms with E-state index in [1.165, 1.54) is 11.8 Å². The molecule has 3 N–H and O–H groups in total. The molecule has 0 fully saturated rings. The van der Waals surface area contributed by atoms with Crippen molar-refractivity contribution in [3.63, 3.8) is 0 Å². The number of aryl methyl sites for hydroxylation is 1. The number of nitrogen functional groups attached to an aromatic ring is 1. The topological polar surface area (TPSA) is 72.2 Å². The van der Waals surface area contributed by atoms with Crippen LogP contribution in [0.3, 0.4) is 0 Å². The predicted octanol–water partition coefficient (Wildman–Crippen LogP) is 3.77. The summed E-state index contributed by atoms with van der Waals surface area (Å²) in [6, 6.07) is 12.6. The van der Waals surface area contributed by atoms with E-state index in [4.69, 9.17) is 5.73 Å². The van der Waals surface area contributed by atoms with Gasteiger partial charge in [-0.1, -0.05) is 18.2 Å². The molecule has 4 nitrogen and oxygen atoms in total. The summed E-state index contributed by atoms with van der Waals surface area (Å²) >= 11 is 1.44. The minimum Gasteiger partial charge on any atom is -0.399 e. The molecule has 130 valence electrons. The number of rotatable bonds is 4. The first kappa shape index (κ1) is 19.1. The van der Waals surface area contributed by atoms with Crippen molar-refractivity contribution in [2.24, 2.45) is 0 Å². The molecule has 24 heavy (non-hydrogen) atoms. The smallest absolute Gasteiger partial charge is 0.242 e. The molecular formula is C17H21ClN2O2S2. The molecule has 0 spiro atoms. The minimum atomic E-state index is -3.56. The normalized spacial score (nSPS) is 17.0. The molecular weight excluding hydrogens is 364 g/mol. The van der Waals surface area contributed by atoms with Crippen molar-refractivity contribution >= 4 is 39.9 Å². The highest BCUT2D eigenvalue weighted by atomic mass is 35.5. The van der Waals surface area contributed by atoms with Crippen molar-refractivity contribution in [3.8, 4) is 0 Å².